The second-order valence-electron chi connectivity index (χ2n) is 6.76. The highest BCUT2D eigenvalue weighted by Gasteiger charge is 2.19. The van der Waals surface area contributed by atoms with E-state index in [2.05, 4.69) is 50.2 Å². The van der Waals surface area contributed by atoms with Crippen molar-refractivity contribution in [1.82, 2.24) is 4.98 Å². The number of benzene rings is 2. The number of rotatable bonds is 4. The van der Waals surface area contributed by atoms with Gasteiger partial charge in [0.05, 0.1) is 10.4 Å². The first kappa shape index (κ1) is 17.7. The lowest BCUT2D eigenvalue weighted by molar-refractivity contribution is 0.0992. The minimum Gasteiger partial charge on any atom is -0.308 e. The number of aromatic nitrogens is 1. The van der Waals surface area contributed by atoms with Crippen molar-refractivity contribution in [3.63, 3.8) is 0 Å². The van der Waals surface area contributed by atoms with Gasteiger partial charge in [-0.15, -0.1) is 11.3 Å². The van der Waals surface area contributed by atoms with E-state index in [1.165, 1.54) is 22.5 Å². The van der Waals surface area contributed by atoms with Crippen LogP contribution < -0.4 is 4.90 Å². The Bertz CT molecular complexity index is 1130. The second kappa shape index (κ2) is 7.12. The van der Waals surface area contributed by atoms with Crippen LogP contribution in [-0.4, -0.2) is 17.4 Å². The van der Waals surface area contributed by atoms with Gasteiger partial charge in [0.25, 0.3) is 5.91 Å². The van der Waals surface area contributed by atoms with Gasteiger partial charge >= 0.3 is 0 Å². The lowest BCUT2D eigenvalue weighted by Gasteiger charge is -2.20. The molecule has 4 rings (SSSR count). The maximum Gasteiger partial charge on any atom is 0.268 e. The van der Waals surface area contributed by atoms with Crippen molar-refractivity contribution in [2.45, 2.75) is 27.2 Å². The Morgan fingerprint density at radius 3 is 2.48 bits per heavy atom. The van der Waals surface area contributed by atoms with Crippen LogP contribution in [0, 0.1) is 6.92 Å². The van der Waals surface area contributed by atoms with Crippen LogP contribution >= 0.6 is 11.3 Å². The van der Waals surface area contributed by atoms with E-state index in [1.54, 1.807) is 0 Å². The van der Waals surface area contributed by atoms with E-state index in [4.69, 9.17) is 4.98 Å². The van der Waals surface area contributed by atoms with E-state index in [0.29, 0.717) is 6.54 Å². The van der Waals surface area contributed by atoms with Crippen LogP contribution in [0.4, 0.5) is 5.69 Å². The monoisotopic (exact) mass is 374 g/mol. The van der Waals surface area contributed by atoms with Crippen LogP contribution in [0.2, 0.25) is 0 Å². The van der Waals surface area contributed by atoms with Gasteiger partial charge < -0.3 is 4.90 Å². The Labute approximate surface area is 163 Å². The third-order valence-corrected chi connectivity index (χ3v) is 5.92. The Morgan fingerprint density at radius 2 is 1.78 bits per heavy atom. The van der Waals surface area contributed by atoms with E-state index in [-0.39, 0.29) is 5.91 Å². The molecule has 0 bridgehead atoms. The van der Waals surface area contributed by atoms with Gasteiger partial charge in [0.1, 0.15) is 4.83 Å². The summed E-state index contributed by atoms with van der Waals surface area (Å²) in [5.74, 6) is 0.0324. The Balaban J connectivity index is 1.72. The number of thiophene rings is 1. The molecule has 136 valence electrons. The van der Waals surface area contributed by atoms with Crippen LogP contribution in [0.15, 0.2) is 54.6 Å². The summed E-state index contributed by atoms with van der Waals surface area (Å²) < 4.78 is 0. The first-order valence-corrected chi connectivity index (χ1v) is 10.1. The number of fused-ring (bicyclic) bond motifs is 2. The van der Waals surface area contributed by atoms with Crippen molar-refractivity contribution < 1.29 is 4.79 Å². The SMILES string of the molecule is CCc1ccc(N(CC)C(=O)c2cc3cc4ccc(C)cc4nc3s2)cc1. The maximum absolute atomic E-state index is 13.2. The smallest absolute Gasteiger partial charge is 0.268 e. The topological polar surface area (TPSA) is 33.2 Å². The van der Waals surface area contributed by atoms with E-state index in [1.807, 2.05) is 30.0 Å². The number of anilines is 1. The lowest BCUT2D eigenvalue weighted by Crippen LogP contribution is -2.29. The van der Waals surface area contributed by atoms with Gasteiger partial charge in [-0.1, -0.05) is 31.2 Å². The van der Waals surface area contributed by atoms with E-state index in [9.17, 15) is 4.79 Å². The average Bonchev–Trinajstić information content (AvgIpc) is 3.10. The summed E-state index contributed by atoms with van der Waals surface area (Å²) in [6.45, 7) is 6.84. The lowest BCUT2D eigenvalue weighted by atomic mass is 10.1. The summed E-state index contributed by atoms with van der Waals surface area (Å²) >= 11 is 1.47. The average molecular weight is 375 g/mol. The van der Waals surface area contributed by atoms with E-state index < -0.39 is 0 Å². The summed E-state index contributed by atoms with van der Waals surface area (Å²) in [6.07, 6.45) is 0.995. The normalized spacial score (nSPS) is 11.2. The number of aryl methyl sites for hydroxylation is 2. The zero-order chi connectivity index (χ0) is 19.0. The van der Waals surface area contributed by atoms with Crippen molar-refractivity contribution in [3.05, 3.63) is 70.6 Å². The summed E-state index contributed by atoms with van der Waals surface area (Å²) in [6, 6.07) is 18.6. The first-order chi connectivity index (χ1) is 13.1. The molecule has 2 aromatic heterocycles. The quantitative estimate of drug-likeness (QED) is 0.440. The molecule has 0 aliphatic carbocycles. The number of hydrogen-bond acceptors (Lipinski definition) is 3. The molecular formula is C23H22N2OS. The van der Waals surface area contributed by atoms with Crippen molar-refractivity contribution >= 4 is 44.1 Å². The molecule has 0 saturated heterocycles. The molecule has 1 amide bonds. The van der Waals surface area contributed by atoms with Crippen LogP contribution in [0.5, 0.6) is 0 Å². The number of carbonyl (C=O) groups excluding carboxylic acids is 1. The van der Waals surface area contributed by atoms with Gasteiger partial charge in [-0.3, -0.25) is 4.79 Å². The summed E-state index contributed by atoms with van der Waals surface area (Å²) in [5, 5.41) is 2.13. The van der Waals surface area contributed by atoms with Gasteiger partial charge in [-0.2, -0.15) is 0 Å². The summed E-state index contributed by atoms with van der Waals surface area (Å²) in [4.78, 5) is 21.4. The molecule has 0 N–H and O–H groups in total. The van der Waals surface area contributed by atoms with Gasteiger partial charge in [0, 0.05) is 23.0 Å². The first-order valence-electron chi connectivity index (χ1n) is 9.30. The summed E-state index contributed by atoms with van der Waals surface area (Å²) in [7, 11) is 0. The van der Waals surface area contributed by atoms with Gasteiger partial charge in [0.2, 0.25) is 0 Å². The standard InChI is InChI=1S/C23H22N2OS/c1-4-16-7-10-19(11-8-16)25(5-2)23(26)21-14-18-13-17-9-6-15(3)12-20(17)24-22(18)27-21/h6-14H,4-5H2,1-3H3. The largest absolute Gasteiger partial charge is 0.308 e. The molecular weight excluding hydrogens is 352 g/mol. The zero-order valence-electron chi connectivity index (χ0n) is 15.8. The number of nitrogens with zero attached hydrogens (tertiary/aromatic N) is 2. The highest BCUT2D eigenvalue weighted by Crippen LogP contribution is 2.30. The van der Waals surface area contributed by atoms with Crippen LogP contribution in [0.3, 0.4) is 0 Å². The molecule has 0 aliphatic rings. The fourth-order valence-corrected chi connectivity index (χ4v) is 4.30. The number of hydrogen-bond donors (Lipinski definition) is 0. The van der Waals surface area contributed by atoms with Crippen LogP contribution in [-0.2, 0) is 6.42 Å². The molecule has 3 nitrogen and oxygen atoms in total. The fraction of sp³-hybridized carbons (Fsp3) is 0.217. The Hall–Kier alpha value is -2.72. The van der Waals surface area contributed by atoms with E-state index >= 15 is 0 Å². The molecule has 2 heterocycles. The fourth-order valence-electron chi connectivity index (χ4n) is 3.33. The minimum absolute atomic E-state index is 0.0324. The van der Waals surface area contributed by atoms with Crippen molar-refractivity contribution in [3.8, 4) is 0 Å². The molecule has 2 aromatic carbocycles. The number of carbonyl (C=O) groups is 1. The van der Waals surface area contributed by atoms with Gasteiger partial charge in [-0.25, -0.2) is 4.98 Å². The zero-order valence-corrected chi connectivity index (χ0v) is 16.6. The Morgan fingerprint density at radius 1 is 1.00 bits per heavy atom. The molecule has 0 unspecified atom stereocenters. The van der Waals surface area contributed by atoms with Gasteiger partial charge in [0.15, 0.2) is 0 Å². The van der Waals surface area contributed by atoms with Crippen molar-refractivity contribution in [1.29, 1.82) is 0 Å². The molecule has 0 spiro atoms. The minimum atomic E-state index is 0.0324. The van der Waals surface area contributed by atoms with Crippen LogP contribution in [0.1, 0.15) is 34.6 Å². The van der Waals surface area contributed by atoms with E-state index in [0.717, 1.165) is 38.1 Å². The summed E-state index contributed by atoms with van der Waals surface area (Å²) in [5.41, 5.74) is 4.38. The predicted molar refractivity (Wildman–Crippen MR) is 115 cm³/mol. The van der Waals surface area contributed by atoms with Gasteiger partial charge in [-0.05, 0) is 61.7 Å². The Kier molecular flexibility index (Phi) is 4.66. The molecule has 4 heteroatoms. The maximum atomic E-state index is 13.2. The predicted octanol–water partition coefficient (Wildman–Crippen LogP) is 5.99. The third-order valence-electron chi connectivity index (χ3n) is 4.89. The second-order valence-corrected chi connectivity index (χ2v) is 7.79. The van der Waals surface area contributed by atoms with Crippen molar-refractivity contribution in [2.75, 3.05) is 11.4 Å². The molecule has 0 radical (unpaired) electrons. The highest BCUT2D eigenvalue weighted by molar-refractivity contribution is 7.20. The molecule has 27 heavy (non-hydrogen) atoms. The van der Waals surface area contributed by atoms with Crippen LogP contribution in [0.25, 0.3) is 21.1 Å². The highest BCUT2D eigenvalue weighted by atomic mass is 32.1. The molecule has 0 fully saturated rings. The third kappa shape index (κ3) is 3.33. The number of amides is 1. The number of pyridine rings is 1. The molecule has 0 aliphatic heterocycles. The molecule has 4 aromatic rings. The molecule has 0 saturated carbocycles. The molecule has 0 atom stereocenters. The van der Waals surface area contributed by atoms with Crippen molar-refractivity contribution in [2.24, 2.45) is 0 Å².